The summed E-state index contributed by atoms with van der Waals surface area (Å²) in [5.41, 5.74) is 4.61. The van der Waals surface area contributed by atoms with Crippen molar-refractivity contribution < 1.29 is 13.2 Å². The zero-order chi connectivity index (χ0) is 14.8. The summed E-state index contributed by atoms with van der Waals surface area (Å²) in [5.74, 6) is -0.251. The number of primary amides is 1. The topological polar surface area (TPSA) is 113 Å². The van der Waals surface area contributed by atoms with Crippen molar-refractivity contribution >= 4 is 15.9 Å². The third-order valence-corrected chi connectivity index (χ3v) is 5.39. The standard InChI is InChI=1S/C12H17N3O4S/c13-12(17)7-9-2-5-15(6-3-9)20(18,19)11-8-14-4-1-10(11)16/h1,4,8-9H,2-3,5-7H2,(H2,13,17)(H,14,16). The van der Waals surface area contributed by atoms with Crippen LogP contribution in [0.3, 0.4) is 0 Å². The highest BCUT2D eigenvalue weighted by atomic mass is 32.2. The quantitative estimate of drug-likeness (QED) is 0.791. The Morgan fingerprint density at radius 1 is 1.40 bits per heavy atom. The summed E-state index contributed by atoms with van der Waals surface area (Å²) >= 11 is 0. The molecule has 0 atom stereocenters. The molecule has 1 saturated heterocycles. The molecule has 1 aromatic heterocycles. The molecule has 0 aromatic carbocycles. The van der Waals surface area contributed by atoms with Crippen molar-refractivity contribution in [3.8, 4) is 0 Å². The molecule has 2 rings (SSSR count). The van der Waals surface area contributed by atoms with Gasteiger partial charge in [0.1, 0.15) is 4.90 Å². The molecule has 1 aromatic rings. The summed E-state index contributed by atoms with van der Waals surface area (Å²) < 4.78 is 26.0. The number of hydrogen-bond acceptors (Lipinski definition) is 4. The van der Waals surface area contributed by atoms with Crippen LogP contribution in [0.25, 0.3) is 0 Å². The van der Waals surface area contributed by atoms with Crippen LogP contribution in [-0.2, 0) is 14.8 Å². The molecule has 1 fully saturated rings. The maximum atomic E-state index is 12.4. The number of aromatic nitrogens is 1. The second-order valence-electron chi connectivity index (χ2n) is 4.89. The van der Waals surface area contributed by atoms with E-state index in [9.17, 15) is 18.0 Å². The number of nitrogens with one attached hydrogen (secondary N) is 1. The molecule has 1 amide bonds. The number of H-pyrrole nitrogens is 1. The summed E-state index contributed by atoms with van der Waals surface area (Å²) in [6.07, 6.45) is 4.02. The Kier molecular flexibility index (Phi) is 4.24. The summed E-state index contributed by atoms with van der Waals surface area (Å²) in [4.78, 5) is 24.9. The van der Waals surface area contributed by atoms with Gasteiger partial charge in [-0.25, -0.2) is 8.42 Å². The van der Waals surface area contributed by atoms with Gasteiger partial charge in [-0.2, -0.15) is 4.31 Å². The number of piperidine rings is 1. The molecule has 0 unspecified atom stereocenters. The normalized spacial score (nSPS) is 18.0. The summed E-state index contributed by atoms with van der Waals surface area (Å²) in [5, 5.41) is 0. The number of pyridine rings is 1. The van der Waals surface area contributed by atoms with Crippen molar-refractivity contribution in [3.63, 3.8) is 0 Å². The molecule has 0 spiro atoms. The van der Waals surface area contributed by atoms with E-state index in [-0.39, 0.29) is 23.1 Å². The minimum atomic E-state index is -3.77. The maximum absolute atomic E-state index is 12.4. The maximum Gasteiger partial charge on any atom is 0.248 e. The summed E-state index contributed by atoms with van der Waals surface area (Å²) in [7, 11) is -3.77. The lowest BCUT2D eigenvalue weighted by molar-refractivity contribution is -0.119. The van der Waals surface area contributed by atoms with Crippen molar-refractivity contribution in [2.45, 2.75) is 24.2 Å². The summed E-state index contributed by atoms with van der Waals surface area (Å²) in [6.45, 7) is 0.600. The van der Waals surface area contributed by atoms with E-state index in [1.54, 1.807) is 0 Å². The van der Waals surface area contributed by atoms with Gasteiger partial charge < -0.3 is 10.7 Å². The van der Waals surface area contributed by atoms with Crippen molar-refractivity contribution in [1.82, 2.24) is 9.29 Å². The monoisotopic (exact) mass is 299 g/mol. The first-order valence-electron chi connectivity index (χ1n) is 6.37. The van der Waals surface area contributed by atoms with Crippen LogP contribution in [0.5, 0.6) is 0 Å². The Hall–Kier alpha value is -1.67. The first-order chi connectivity index (χ1) is 9.41. The molecule has 0 saturated carbocycles. The Bertz CT molecular complexity index is 645. The van der Waals surface area contributed by atoms with Crippen LogP contribution >= 0.6 is 0 Å². The van der Waals surface area contributed by atoms with Gasteiger partial charge in [0.2, 0.25) is 21.4 Å². The van der Waals surface area contributed by atoms with E-state index >= 15 is 0 Å². The van der Waals surface area contributed by atoms with E-state index in [0.29, 0.717) is 25.9 Å². The second kappa shape index (κ2) is 5.76. The third-order valence-electron chi connectivity index (χ3n) is 3.47. The molecular weight excluding hydrogens is 282 g/mol. The third kappa shape index (κ3) is 3.07. The molecule has 8 heteroatoms. The number of amides is 1. The van der Waals surface area contributed by atoms with E-state index < -0.39 is 15.5 Å². The van der Waals surface area contributed by atoms with Gasteiger partial charge in [-0.3, -0.25) is 9.59 Å². The van der Waals surface area contributed by atoms with Crippen molar-refractivity contribution in [2.24, 2.45) is 11.7 Å². The summed E-state index contributed by atoms with van der Waals surface area (Å²) in [6, 6.07) is 1.19. The number of aromatic amines is 1. The van der Waals surface area contributed by atoms with Gasteiger partial charge in [-0.1, -0.05) is 0 Å². The largest absolute Gasteiger partial charge is 0.370 e. The second-order valence-corrected chi connectivity index (χ2v) is 6.80. The number of rotatable bonds is 4. The molecule has 2 heterocycles. The van der Waals surface area contributed by atoms with Gasteiger partial charge in [0.15, 0.2) is 0 Å². The van der Waals surface area contributed by atoms with Crippen LogP contribution in [0, 0.1) is 5.92 Å². The smallest absolute Gasteiger partial charge is 0.248 e. The van der Waals surface area contributed by atoms with Crippen LogP contribution in [0.15, 0.2) is 28.2 Å². The lowest BCUT2D eigenvalue weighted by atomic mass is 9.94. The lowest BCUT2D eigenvalue weighted by Gasteiger charge is -2.30. The van der Waals surface area contributed by atoms with Crippen LogP contribution < -0.4 is 11.2 Å². The minimum absolute atomic E-state index is 0.119. The first-order valence-corrected chi connectivity index (χ1v) is 7.81. The Morgan fingerprint density at radius 3 is 2.60 bits per heavy atom. The van der Waals surface area contributed by atoms with Crippen molar-refractivity contribution in [2.75, 3.05) is 13.1 Å². The van der Waals surface area contributed by atoms with E-state index in [1.807, 2.05) is 0 Å². The highest BCUT2D eigenvalue weighted by Crippen LogP contribution is 2.24. The number of nitrogens with zero attached hydrogens (tertiary/aromatic N) is 1. The van der Waals surface area contributed by atoms with Crippen LogP contribution in [-0.4, -0.2) is 36.7 Å². The number of carbonyl (C=O) groups is 1. The molecule has 0 radical (unpaired) electrons. The van der Waals surface area contributed by atoms with Gasteiger partial charge in [0, 0.05) is 38.0 Å². The number of sulfonamides is 1. The van der Waals surface area contributed by atoms with Gasteiger partial charge in [0.05, 0.1) is 0 Å². The molecule has 7 nitrogen and oxygen atoms in total. The first kappa shape index (κ1) is 14.7. The average molecular weight is 299 g/mol. The zero-order valence-electron chi connectivity index (χ0n) is 10.9. The van der Waals surface area contributed by atoms with E-state index in [2.05, 4.69) is 4.98 Å². The SMILES string of the molecule is NC(=O)CC1CCN(S(=O)(=O)c2c[nH]ccc2=O)CC1. The van der Waals surface area contributed by atoms with Gasteiger partial charge in [0.25, 0.3) is 0 Å². The molecular formula is C12H17N3O4S. The predicted octanol–water partition coefficient (Wildman–Crippen LogP) is -0.349. The predicted molar refractivity (Wildman–Crippen MR) is 72.4 cm³/mol. The van der Waals surface area contributed by atoms with E-state index in [1.165, 1.54) is 22.8 Å². The molecule has 1 aliphatic heterocycles. The lowest BCUT2D eigenvalue weighted by Crippen LogP contribution is -2.40. The van der Waals surface area contributed by atoms with Crippen molar-refractivity contribution in [3.05, 3.63) is 28.7 Å². The Balaban J connectivity index is 2.12. The van der Waals surface area contributed by atoms with Crippen molar-refractivity contribution in [1.29, 1.82) is 0 Å². The van der Waals surface area contributed by atoms with Gasteiger partial charge in [-0.05, 0) is 18.8 Å². The van der Waals surface area contributed by atoms with E-state index in [4.69, 9.17) is 5.73 Å². The molecule has 1 aliphatic rings. The highest BCUT2D eigenvalue weighted by molar-refractivity contribution is 7.89. The highest BCUT2D eigenvalue weighted by Gasteiger charge is 2.31. The Labute approximate surface area is 116 Å². The molecule has 0 aliphatic carbocycles. The molecule has 20 heavy (non-hydrogen) atoms. The molecule has 0 bridgehead atoms. The number of nitrogens with two attached hydrogens (primary N) is 1. The molecule has 110 valence electrons. The van der Waals surface area contributed by atoms with Crippen LogP contribution in [0.2, 0.25) is 0 Å². The fourth-order valence-corrected chi connectivity index (χ4v) is 3.89. The number of hydrogen-bond donors (Lipinski definition) is 2. The zero-order valence-corrected chi connectivity index (χ0v) is 11.7. The van der Waals surface area contributed by atoms with Gasteiger partial charge >= 0.3 is 0 Å². The van der Waals surface area contributed by atoms with Crippen LogP contribution in [0.4, 0.5) is 0 Å². The number of carbonyl (C=O) groups excluding carboxylic acids is 1. The fourth-order valence-electron chi connectivity index (χ4n) is 2.38. The van der Waals surface area contributed by atoms with E-state index in [0.717, 1.165) is 0 Å². The Morgan fingerprint density at radius 2 is 2.05 bits per heavy atom. The fraction of sp³-hybridized carbons (Fsp3) is 0.500. The van der Waals surface area contributed by atoms with Crippen LogP contribution in [0.1, 0.15) is 19.3 Å². The van der Waals surface area contributed by atoms with Gasteiger partial charge in [-0.15, -0.1) is 0 Å². The average Bonchev–Trinajstić information content (AvgIpc) is 2.39. The minimum Gasteiger partial charge on any atom is -0.370 e. The molecule has 3 N–H and O–H groups in total.